The van der Waals surface area contributed by atoms with Crippen LogP contribution in [0.1, 0.15) is 26.7 Å². The third kappa shape index (κ3) is 2.19. The van der Waals surface area contributed by atoms with Gasteiger partial charge >= 0.3 is 0 Å². The molecule has 0 aliphatic rings. The maximum atomic E-state index is 4.34. The van der Waals surface area contributed by atoms with Gasteiger partial charge in [0.15, 0.2) is 5.65 Å². The number of nitrogens with zero attached hydrogens (tertiary/aromatic N) is 4. The minimum atomic E-state index is 0.586. The standard InChI is InChI=1S/C11H16N4S/c1-4-5-8(2)16-11-9-6-14-15(3)10(9)12-7-13-11/h6-8H,4-5H2,1-3H3/t8-/m0/s1. The number of hydrogen-bond donors (Lipinski definition) is 0. The summed E-state index contributed by atoms with van der Waals surface area (Å²) in [7, 11) is 1.90. The van der Waals surface area contributed by atoms with Gasteiger partial charge in [0.2, 0.25) is 0 Å². The smallest absolute Gasteiger partial charge is 0.162 e. The molecule has 2 rings (SSSR count). The molecule has 5 heteroatoms. The first-order chi connectivity index (χ1) is 7.72. The number of fused-ring (bicyclic) bond motifs is 1. The van der Waals surface area contributed by atoms with Gasteiger partial charge in [-0.25, -0.2) is 9.97 Å². The molecule has 0 spiro atoms. The summed E-state index contributed by atoms with van der Waals surface area (Å²) < 4.78 is 1.78. The molecule has 2 heterocycles. The van der Waals surface area contributed by atoms with Gasteiger partial charge in [-0.05, 0) is 6.42 Å². The minimum absolute atomic E-state index is 0.586. The molecule has 4 nitrogen and oxygen atoms in total. The summed E-state index contributed by atoms with van der Waals surface area (Å²) in [6, 6.07) is 0. The normalized spacial score (nSPS) is 13.2. The Kier molecular flexibility index (Phi) is 3.43. The van der Waals surface area contributed by atoms with Crippen LogP contribution in [0.4, 0.5) is 0 Å². The number of aromatic nitrogens is 4. The van der Waals surface area contributed by atoms with Gasteiger partial charge in [-0.15, -0.1) is 11.8 Å². The Hall–Kier alpha value is -1.10. The fraction of sp³-hybridized carbons (Fsp3) is 0.545. The van der Waals surface area contributed by atoms with Gasteiger partial charge < -0.3 is 0 Å². The van der Waals surface area contributed by atoms with Crippen LogP contribution in [0.5, 0.6) is 0 Å². The SMILES string of the molecule is CCC[C@H](C)Sc1ncnc2c1cnn2C. The Bertz CT molecular complexity index is 480. The van der Waals surface area contributed by atoms with E-state index >= 15 is 0 Å². The zero-order valence-electron chi connectivity index (χ0n) is 9.84. The summed E-state index contributed by atoms with van der Waals surface area (Å²) in [4.78, 5) is 8.57. The molecule has 0 aliphatic heterocycles. The number of thioether (sulfide) groups is 1. The Morgan fingerprint density at radius 1 is 1.44 bits per heavy atom. The van der Waals surface area contributed by atoms with Crippen LogP contribution in [0.2, 0.25) is 0 Å². The highest BCUT2D eigenvalue weighted by molar-refractivity contribution is 8.00. The van der Waals surface area contributed by atoms with E-state index in [1.165, 1.54) is 12.8 Å². The van der Waals surface area contributed by atoms with E-state index in [4.69, 9.17) is 0 Å². The summed E-state index contributed by atoms with van der Waals surface area (Å²) in [5, 5.41) is 6.89. The maximum Gasteiger partial charge on any atom is 0.162 e. The molecule has 1 atom stereocenters. The summed E-state index contributed by atoms with van der Waals surface area (Å²) in [6.07, 6.45) is 5.87. The van der Waals surface area contributed by atoms with Gasteiger partial charge in [0.1, 0.15) is 11.4 Å². The van der Waals surface area contributed by atoms with Gasteiger partial charge in [0.25, 0.3) is 0 Å². The second-order valence-electron chi connectivity index (χ2n) is 3.90. The fourth-order valence-corrected chi connectivity index (χ4v) is 2.80. The van der Waals surface area contributed by atoms with Crippen LogP contribution in [0.15, 0.2) is 17.6 Å². The molecule has 86 valence electrons. The van der Waals surface area contributed by atoms with Gasteiger partial charge in [0, 0.05) is 12.3 Å². The molecule has 2 aromatic rings. The van der Waals surface area contributed by atoms with Crippen LogP contribution < -0.4 is 0 Å². The molecule has 0 N–H and O–H groups in total. The van der Waals surface area contributed by atoms with Crippen LogP contribution in [0.3, 0.4) is 0 Å². The van der Waals surface area contributed by atoms with Crippen molar-refractivity contribution in [2.75, 3.05) is 0 Å². The van der Waals surface area contributed by atoms with E-state index in [0.717, 1.165) is 16.1 Å². The topological polar surface area (TPSA) is 43.6 Å². The van der Waals surface area contributed by atoms with E-state index in [-0.39, 0.29) is 0 Å². The van der Waals surface area contributed by atoms with E-state index in [1.807, 2.05) is 13.2 Å². The molecule has 0 radical (unpaired) electrons. The van der Waals surface area contributed by atoms with Crippen molar-refractivity contribution in [2.45, 2.75) is 37.0 Å². The van der Waals surface area contributed by atoms with Crippen LogP contribution in [-0.2, 0) is 7.05 Å². The van der Waals surface area contributed by atoms with Crippen molar-refractivity contribution in [1.82, 2.24) is 19.7 Å². The van der Waals surface area contributed by atoms with Crippen molar-refractivity contribution >= 4 is 22.8 Å². The monoisotopic (exact) mass is 236 g/mol. The second-order valence-corrected chi connectivity index (χ2v) is 5.33. The lowest BCUT2D eigenvalue weighted by molar-refractivity contribution is 0.782. The van der Waals surface area contributed by atoms with E-state index in [9.17, 15) is 0 Å². The van der Waals surface area contributed by atoms with E-state index < -0.39 is 0 Å². The molecular formula is C11H16N4S. The molecule has 0 aliphatic carbocycles. The Labute approximate surface area is 99.5 Å². The van der Waals surface area contributed by atoms with Crippen LogP contribution in [-0.4, -0.2) is 25.0 Å². The van der Waals surface area contributed by atoms with E-state index in [1.54, 1.807) is 22.8 Å². The summed E-state index contributed by atoms with van der Waals surface area (Å²) in [5.41, 5.74) is 0.904. The quantitative estimate of drug-likeness (QED) is 0.604. The summed E-state index contributed by atoms with van der Waals surface area (Å²) in [6.45, 7) is 4.44. The highest BCUT2D eigenvalue weighted by Crippen LogP contribution is 2.29. The van der Waals surface area contributed by atoms with Gasteiger partial charge in [-0.2, -0.15) is 5.10 Å². The van der Waals surface area contributed by atoms with Crippen LogP contribution >= 0.6 is 11.8 Å². The molecule has 16 heavy (non-hydrogen) atoms. The Morgan fingerprint density at radius 3 is 3.00 bits per heavy atom. The first kappa shape index (κ1) is 11.4. The zero-order chi connectivity index (χ0) is 11.5. The molecule has 0 unspecified atom stereocenters. The third-order valence-corrected chi connectivity index (χ3v) is 3.69. The first-order valence-corrected chi connectivity index (χ1v) is 6.39. The predicted molar refractivity (Wildman–Crippen MR) is 66.5 cm³/mol. The summed E-state index contributed by atoms with van der Waals surface area (Å²) >= 11 is 1.81. The van der Waals surface area contributed by atoms with Crippen molar-refractivity contribution in [3.63, 3.8) is 0 Å². The van der Waals surface area contributed by atoms with Crippen LogP contribution in [0, 0.1) is 0 Å². The lowest BCUT2D eigenvalue weighted by atomic mass is 10.3. The number of aryl methyl sites for hydroxylation is 1. The minimum Gasteiger partial charge on any atom is -0.250 e. The fourth-order valence-electron chi connectivity index (χ4n) is 1.69. The molecule has 0 saturated carbocycles. The highest BCUT2D eigenvalue weighted by Gasteiger charge is 2.11. The molecule has 0 saturated heterocycles. The first-order valence-electron chi connectivity index (χ1n) is 5.51. The lowest BCUT2D eigenvalue weighted by Crippen LogP contribution is -1.97. The Balaban J connectivity index is 2.30. The van der Waals surface area contributed by atoms with Crippen molar-refractivity contribution in [3.05, 3.63) is 12.5 Å². The molecule has 2 aromatic heterocycles. The van der Waals surface area contributed by atoms with Crippen molar-refractivity contribution in [1.29, 1.82) is 0 Å². The third-order valence-electron chi connectivity index (χ3n) is 2.50. The average molecular weight is 236 g/mol. The maximum absolute atomic E-state index is 4.34. The van der Waals surface area contributed by atoms with Crippen molar-refractivity contribution in [3.8, 4) is 0 Å². The van der Waals surface area contributed by atoms with E-state index in [0.29, 0.717) is 5.25 Å². The number of hydrogen-bond acceptors (Lipinski definition) is 4. The second kappa shape index (κ2) is 4.82. The largest absolute Gasteiger partial charge is 0.250 e. The predicted octanol–water partition coefficient (Wildman–Crippen LogP) is 2.64. The lowest BCUT2D eigenvalue weighted by Gasteiger charge is -2.08. The summed E-state index contributed by atoms with van der Waals surface area (Å²) in [5.74, 6) is 0. The van der Waals surface area contributed by atoms with Gasteiger partial charge in [0.05, 0.1) is 11.6 Å². The number of rotatable bonds is 4. The Morgan fingerprint density at radius 2 is 2.25 bits per heavy atom. The average Bonchev–Trinajstić information content (AvgIpc) is 2.62. The molecule has 0 bridgehead atoms. The van der Waals surface area contributed by atoms with Crippen molar-refractivity contribution in [2.24, 2.45) is 7.05 Å². The molecular weight excluding hydrogens is 220 g/mol. The van der Waals surface area contributed by atoms with Gasteiger partial charge in [-0.3, -0.25) is 4.68 Å². The van der Waals surface area contributed by atoms with E-state index in [2.05, 4.69) is 28.9 Å². The molecule has 0 aromatic carbocycles. The highest BCUT2D eigenvalue weighted by atomic mass is 32.2. The molecule has 0 fully saturated rings. The van der Waals surface area contributed by atoms with Crippen molar-refractivity contribution < 1.29 is 0 Å². The van der Waals surface area contributed by atoms with Crippen LogP contribution in [0.25, 0.3) is 11.0 Å². The molecule has 0 amide bonds. The van der Waals surface area contributed by atoms with Gasteiger partial charge in [-0.1, -0.05) is 20.3 Å². The zero-order valence-corrected chi connectivity index (χ0v) is 10.7.